The summed E-state index contributed by atoms with van der Waals surface area (Å²) in [5, 5.41) is 17.1. The third-order valence-electron chi connectivity index (χ3n) is 5.39. The summed E-state index contributed by atoms with van der Waals surface area (Å²) in [5.41, 5.74) is 1.16. The van der Waals surface area contributed by atoms with E-state index < -0.39 is 24.3 Å². The number of anilines is 1. The number of pyridine rings is 1. The molecule has 3 N–H and O–H groups in total. The quantitative estimate of drug-likeness (QED) is 0.470. The van der Waals surface area contributed by atoms with Gasteiger partial charge in [0, 0.05) is 50.5 Å². The van der Waals surface area contributed by atoms with Crippen LogP contribution in [0.5, 0.6) is 0 Å². The molecule has 2 aliphatic heterocycles. The van der Waals surface area contributed by atoms with Crippen LogP contribution in [-0.2, 0) is 25.7 Å². The summed E-state index contributed by atoms with van der Waals surface area (Å²) in [4.78, 5) is 45.1. The number of aliphatic carboxylic acids is 2. The number of piperidine rings is 1. The average molecular weight is 567 g/mol. The summed E-state index contributed by atoms with van der Waals surface area (Å²) in [5.74, 6) is -5.18. The fourth-order valence-corrected chi connectivity index (χ4v) is 3.74. The summed E-state index contributed by atoms with van der Waals surface area (Å²) >= 11 is 0. The van der Waals surface area contributed by atoms with E-state index in [2.05, 4.69) is 31.2 Å². The summed E-state index contributed by atoms with van der Waals surface area (Å²) in [7, 11) is 0. The van der Waals surface area contributed by atoms with Crippen molar-refractivity contribution in [3.63, 3.8) is 0 Å². The van der Waals surface area contributed by atoms with Crippen molar-refractivity contribution in [2.45, 2.75) is 43.9 Å². The Labute approximate surface area is 216 Å². The zero-order chi connectivity index (χ0) is 29.2. The number of nitrogens with one attached hydrogen (secondary N) is 1. The van der Waals surface area contributed by atoms with Crippen LogP contribution in [0.1, 0.15) is 18.4 Å². The monoisotopic (exact) mass is 567 g/mol. The summed E-state index contributed by atoms with van der Waals surface area (Å²) in [6.07, 6.45) is 0.0894. The molecule has 0 spiro atoms. The van der Waals surface area contributed by atoms with Crippen molar-refractivity contribution in [3.8, 4) is 0 Å². The third kappa shape index (κ3) is 10.4. The number of ether oxygens (including phenoxy) is 1. The zero-order valence-electron chi connectivity index (χ0n) is 19.9. The van der Waals surface area contributed by atoms with Gasteiger partial charge in [-0.05, 0) is 24.5 Å². The summed E-state index contributed by atoms with van der Waals surface area (Å²) in [6, 6.07) is 4.39. The summed E-state index contributed by atoms with van der Waals surface area (Å²) < 4.78 is 69.4. The van der Waals surface area contributed by atoms with E-state index in [0.29, 0.717) is 18.4 Å². The molecule has 17 heteroatoms. The molecule has 0 aromatic carbocycles. The highest BCUT2D eigenvalue weighted by molar-refractivity contribution is 5.91. The van der Waals surface area contributed by atoms with E-state index in [1.165, 1.54) is 0 Å². The maximum Gasteiger partial charge on any atom is 0.490 e. The number of alkyl halides is 6. The number of hydrogen-bond donors (Lipinski definition) is 3. The molecule has 11 nitrogen and oxygen atoms in total. The molecule has 0 saturated carbocycles. The minimum Gasteiger partial charge on any atom is -0.475 e. The minimum atomic E-state index is -5.08. The smallest absolute Gasteiger partial charge is 0.475 e. The van der Waals surface area contributed by atoms with Crippen LogP contribution in [0.4, 0.5) is 32.2 Å². The van der Waals surface area contributed by atoms with Crippen molar-refractivity contribution in [1.82, 2.24) is 19.9 Å². The van der Waals surface area contributed by atoms with Crippen molar-refractivity contribution in [1.29, 1.82) is 0 Å². The predicted molar refractivity (Wildman–Crippen MR) is 119 cm³/mol. The first-order valence-corrected chi connectivity index (χ1v) is 11.1. The number of hydrogen-bond acceptors (Lipinski definition) is 8. The van der Waals surface area contributed by atoms with Crippen LogP contribution >= 0.6 is 0 Å². The third-order valence-corrected chi connectivity index (χ3v) is 5.39. The van der Waals surface area contributed by atoms with Crippen molar-refractivity contribution in [3.05, 3.63) is 48.7 Å². The first-order valence-electron chi connectivity index (χ1n) is 11.1. The van der Waals surface area contributed by atoms with Crippen molar-refractivity contribution in [2.24, 2.45) is 5.92 Å². The van der Waals surface area contributed by atoms with Crippen LogP contribution < -0.4 is 5.32 Å². The van der Waals surface area contributed by atoms with Crippen molar-refractivity contribution < 1.29 is 55.7 Å². The van der Waals surface area contributed by atoms with Crippen LogP contribution in [0, 0.1) is 5.92 Å². The second kappa shape index (κ2) is 13.8. The molecular formula is C22H23F6N5O6. The number of fused-ring (bicyclic) bond motifs is 1. The van der Waals surface area contributed by atoms with E-state index in [1.807, 2.05) is 12.3 Å². The maximum absolute atomic E-state index is 12.7. The SMILES string of the molecule is O=C(Nc1cnccn1)[C@H]1C[C@H]2OCC[C@H]2N(Cc2cccnc2)C1.O=C(O)C(F)(F)F.O=C(O)C(F)(F)F. The number of rotatable bonds is 4. The molecule has 1 amide bonds. The number of amides is 1. The molecule has 4 rings (SSSR count). The molecule has 2 fully saturated rings. The normalized spacial score (nSPS) is 20.8. The van der Waals surface area contributed by atoms with Gasteiger partial charge in [-0.1, -0.05) is 6.07 Å². The lowest BCUT2D eigenvalue weighted by atomic mass is 9.89. The fraction of sp³-hybridized carbons (Fsp3) is 0.455. The van der Waals surface area contributed by atoms with Gasteiger partial charge in [0.2, 0.25) is 5.91 Å². The average Bonchev–Trinajstić information content (AvgIpc) is 3.34. The largest absolute Gasteiger partial charge is 0.490 e. The lowest BCUT2D eigenvalue weighted by Gasteiger charge is -2.40. The molecule has 2 aromatic rings. The second-order valence-corrected chi connectivity index (χ2v) is 8.17. The molecule has 2 aliphatic rings. The number of aromatic nitrogens is 3. The van der Waals surface area contributed by atoms with Gasteiger partial charge >= 0.3 is 24.3 Å². The van der Waals surface area contributed by atoms with Gasteiger partial charge < -0.3 is 20.3 Å². The number of likely N-dealkylation sites (tertiary alicyclic amines) is 1. The van der Waals surface area contributed by atoms with E-state index in [1.54, 1.807) is 24.8 Å². The van der Waals surface area contributed by atoms with Crippen molar-refractivity contribution in [2.75, 3.05) is 18.5 Å². The molecular weight excluding hydrogens is 544 g/mol. The second-order valence-electron chi connectivity index (χ2n) is 8.17. The first kappa shape index (κ1) is 31.4. The number of carboxylic acids is 2. The Kier molecular flexibility index (Phi) is 11.1. The Balaban J connectivity index is 0.000000317. The van der Waals surface area contributed by atoms with E-state index in [9.17, 15) is 31.1 Å². The van der Waals surface area contributed by atoms with Gasteiger partial charge in [-0.25, -0.2) is 14.6 Å². The number of carbonyl (C=O) groups excluding carboxylic acids is 1. The van der Waals surface area contributed by atoms with E-state index >= 15 is 0 Å². The maximum atomic E-state index is 12.7. The van der Waals surface area contributed by atoms with Crippen LogP contribution in [0.2, 0.25) is 0 Å². The van der Waals surface area contributed by atoms with E-state index in [-0.39, 0.29) is 17.9 Å². The lowest BCUT2D eigenvalue weighted by molar-refractivity contribution is -0.193. The highest BCUT2D eigenvalue weighted by atomic mass is 19.4. The molecule has 0 bridgehead atoms. The molecule has 0 aliphatic carbocycles. The zero-order valence-corrected chi connectivity index (χ0v) is 19.9. The van der Waals surface area contributed by atoms with Gasteiger partial charge in [0.25, 0.3) is 0 Å². The van der Waals surface area contributed by atoms with Gasteiger partial charge in [0.05, 0.1) is 18.2 Å². The van der Waals surface area contributed by atoms with Crippen LogP contribution in [-0.4, -0.2) is 85.6 Å². The Morgan fingerprint density at radius 2 is 1.62 bits per heavy atom. The first-order chi connectivity index (χ1) is 18.2. The Morgan fingerprint density at radius 3 is 2.13 bits per heavy atom. The number of carbonyl (C=O) groups is 3. The fourth-order valence-electron chi connectivity index (χ4n) is 3.74. The standard InChI is InChI=1S/C18H21N5O2.2C2HF3O2/c24-18(22-17-10-20-5-6-21-17)14-8-16-15(3-7-25-16)23(12-14)11-13-2-1-4-19-9-13;2*3-2(4,5)1(6)7/h1-2,4-6,9-10,14-16H,3,7-8,11-12H2,(H,21,22,24);2*(H,6,7)/t14-,15+,16+;;/m0../s1. The number of halogens is 6. The topological polar surface area (TPSA) is 155 Å². The molecule has 2 aromatic heterocycles. The Hall–Kier alpha value is -3.86. The highest BCUT2D eigenvalue weighted by Gasteiger charge is 2.42. The number of nitrogens with zero attached hydrogens (tertiary/aromatic N) is 4. The van der Waals surface area contributed by atoms with Gasteiger partial charge in [-0.2, -0.15) is 26.3 Å². The molecule has 39 heavy (non-hydrogen) atoms. The highest BCUT2D eigenvalue weighted by Crippen LogP contribution is 2.32. The van der Waals surface area contributed by atoms with Gasteiger partial charge in [0.1, 0.15) is 0 Å². The summed E-state index contributed by atoms with van der Waals surface area (Å²) in [6.45, 7) is 2.26. The Morgan fingerprint density at radius 1 is 1.00 bits per heavy atom. The van der Waals surface area contributed by atoms with Crippen LogP contribution in [0.25, 0.3) is 0 Å². The molecule has 0 radical (unpaired) electrons. The number of carboxylic acid groups (broad SMARTS) is 2. The van der Waals surface area contributed by atoms with Crippen LogP contribution in [0.15, 0.2) is 43.1 Å². The van der Waals surface area contributed by atoms with Crippen molar-refractivity contribution >= 4 is 23.7 Å². The molecule has 0 unspecified atom stereocenters. The molecule has 4 heterocycles. The minimum absolute atomic E-state index is 0.0226. The molecule has 3 atom stereocenters. The van der Waals surface area contributed by atoms with E-state index in [4.69, 9.17) is 24.5 Å². The lowest BCUT2D eigenvalue weighted by Crippen LogP contribution is -2.51. The predicted octanol–water partition coefficient (Wildman–Crippen LogP) is 2.76. The van der Waals surface area contributed by atoms with Gasteiger partial charge in [-0.3, -0.25) is 19.7 Å². The Bertz CT molecular complexity index is 1070. The van der Waals surface area contributed by atoms with Crippen LogP contribution in [0.3, 0.4) is 0 Å². The van der Waals surface area contributed by atoms with Gasteiger partial charge in [0.15, 0.2) is 5.82 Å². The van der Waals surface area contributed by atoms with Gasteiger partial charge in [-0.15, -0.1) is 0 Å². The molecule has 2 saturated heterocycles. The molecule has 214 valence electrons. The van der Waals surface area contributed by atoms with E-state index in [0.717, 1.165) is 31.6 Å².